The second kappa shape index (κ2) is 4.58. The molecule has 0 bridgehead atoms. The first-order valence-corrected chi connectivity index (χ1v) is 6.06. The maximum absolute atomic E-state index is 6.15. The number of rotatable bonds is 2. The van der Waals surface area contributed by atoms with Crippen LogP contribution in [0.5, 0.6) is 0 Å². The molecule has 3 heteroatoms. The van der Waals surface area contributed by atoms with Gasteiger partial charge in [-0.05, 0) is 32.0 Å². The van der Waals surface area contributed by atoms with E-state index in [0.29, 0.717) is 11.8 Å². The Morgan fingerprint density at radius 3 is 2.60 bits per heavy atom. The van der Waals surface area contributed by atoms with E-state index in [1.165, 1.54) is 0 Å². The Kier molecular flexibility index (Phi) is 3.37. The minimum atomic E-state index is 0.368. The molecule has 0 amide bonds. The van der Waals surface area contributed by atoms with Gasteiger partial charge in [-0.1, -0.05) is 25.4 Å². The van der Waals surface area contributed by atoms with E-state index in [0.717, 1.165) is 42.5 Å². The number of halogens is 1. The molecule has 1 aromatic rings. The predicted octanol–water partition coefficient (Wildman–Crippen LogP) is 3.52. The van der Waals surface area contributed by atoms with Crippen molar-refractivity contribution in [3.63, 3.8) is 0 Å². The van der Waals surface area contributed by atoms with Gasteiger partial charge in [0.1, 0.15) is 11.5 Å². The molecule has 2 rings (SSSR count). The summed E-state index contributed by atoms with van der Waals surface area (Å²) in [5, 5.41) is 4.14. The zero-order valence-corrected chi connectivity index (χ0v) is 10.1. The Hall–Kier alpha value is -0.470. The van der Waals surface area contributed by atoms with Crippen molar-refractivity contribution in [3.05, 3.63) is 22.6 Å². The van der Waals surface area contributed by atoms with Crippen LogP contribution in [0.2, 0.25) is 5.02 Å². The van der Waals surface area contributed by atoms with Gasteiger partial charge >= 0.3 is 0 Å². The molecule has 15 heavy (non-hydrogen) atoms. The second-order valence-corrected chi connectivity index (χ2v) is 4.95. The average Bonchev–Trinajstić information content (AvgIpc) is 2.62. The van der Waals surface area contributed by atoms with Crippen molar-refractivity contribution >= 4 is 11.6 Å². The highest BCUT2D eigenvalue weighted by molar-refractivity contribution is 6.31. The molecule has 0 aromatic carbocycles. The number of nitrogens with one attached hydrogen (secondary N) is 1. The summed E-state index contributed by atoms with van der Waals surface area (Å²) in [7, 11) is 0. The van der Waals surface area contributed by atoms with Gasteiger partial charge in [-0.15, -0.1) is 0 Å². The summed E-state index contributed by atoms with van der Waals surface area (Å²) in [5.41, 5.74) is 0. The Morgan fingerprint density at radius 1 is 1.40 bits per heavy atom. The van der Waals surface area contributed by atoms with Gasteiger partial charge in [0.25, 0.3) is 0 Å². The molecule has 0 radical (unpaired) electrons. The van der Waals surface area contributed by atoms with Gasteiger partial charge < -0.3 is 9.73 Å². The van der Waals surface area contributed by atoms with E-state index < -0.39 is 0 Å². The monoisotopic (exact) mass is 227 g/mol. The van der Waals surface area contributed by atoms with E-state index in [9.17, 15) is 0 Å². The van der Waals surface area contributed by atoms with Gasteiger partial charge in [0.15, 0.2) is 0 Å². The van der Waals surface area contributed by atoms with E-state index in [-0.39, 0.29) is 0 Å². The van der Waals surface area contributed by atoms with Gasteiger partial charge in [-0.25, -0.2) is 0 Å². The third-order valence-electron chi connectivity index (χ3n) is 3.00. The van der Waals surface area contributed by atoms with Crippen molar-refractivity contribution in [1.82, 2.24) is 5.32 Å². The van der Waals surface area contributed by atoms with E-state index in [2.05, 4.69) is 19.2 Å². The molecule has 0 saturated carbocycles. The van der Waals surface area contributed by atoms with Crippen LogP contribution < -0.4 is 5.32 Å². The molecular formula is C12H18ClNO. The molecule has 1 saturated heterocycles. The molecule has 1 aliphatic rings. The lowest BCUT2D eigenvalue weighted by Crippen LogP contribution is -2.26. The molecule has 0 unspecified atom stereocenters. The van der Waals surface area contributed by atoms with Crippen LogP contribution in [0.4, 0.5) is 0 Å². The van der Waals surface area contributed by atoms with Crippen molar-refractivity contribution in [2.45, 2.75) is 38.5 Å². The van der Waals surface area contributed by atoms with E-state index >= 15 is 0 Å². The minimum Gasteiger partial charge on any atom is -0.464 e. The van der Waals surface area contributed by atoms with Crippen LogP contribution >= 0.6 is 11.6 Å². The zero-order valence-electron chi connectivity index (χ0n) is 9.35. The van der Waals surface area contributed by atoms with E-state index in [1.807, 2.05) is 6.07 Å². The molecule has 2 nitrogen and oxygen atoms in total. The van der Waals surface area contributed by atoms with Crippen LogP contribution in [0.3, 0.4) is 0 Å². The molecule has 0 aliphatic carbocycles. The quantitative estimate of drug-likeness (QED) is 0.836. The van der Waals surface area contributed by atoms with Crippen LogP contribution in [-0.2, 0) is 0 Å². The number of hydrogen-bond donors (Lipinski definition) is 1. The van der Waals surface area contributed by atoms with Crippen LogP contribution in [-0.4, -0.2) is 13.1 Å². The summed E-state index contributed by atoms with van der Waals surface area (Å²) in [6, 6.07) is 2.01. The van der Waals surface area contributed by atoms with Gasteiger partial charge in [0.2, 0.25) is 0 Å². The van der Waals surface area contributed by atoms with Gasteiger partial charge in [-0.2, -0.15) is 0 Å². The number of hydrogen-bond acceptors (Lipinski definition) is 2. The summed E-state index contributed by atoms with van der Waals surface area (Å²) < 4.78 is 5.86. The standard InChI is InChI=1S/C12H18ClNO/c1-8(2)12-10(13)7-11(15-12)9-3-5-14-6-4-9/h7-9,14H,3-6H2,1-2H3. The summed E-state index contributed by atoms with van der Waals surface area (Å²) in [4.78, 5) is 0. The van der Waals surface area contributed by atoms with Gasteiger partial charge in [0.05, 0.1) is 5.02 Å². The molecule has 84 valence electrons. The van der Waals surface area contributed by atoms with Crippen molar-refractivity contribution < 1.29 is 4.42 Å². The molecular weight excluding hydrogens is 210 g/mol. The third-order valence-corrected chi connectivity index (χ3v) is 3.29. The smallest absolute Gasteiger partial charge is 0.125 e. The number of piperidine rings is 1. The van der Waals surface area contributed by atoms with Crippen molar-refractivity contribution in [3.8, 4) is 0 Å². The fourth-order valence-corrected chi connectivity index (χ4v) is 2.47. The lowest BCUT2D eigenvalue weighted by molar-refractivity contribution is 0.366. The highest BCUT2D eigenvalue weighted by Gasteiger charge is 2.21. The maximum atomic E-state index is 6.15. The zero-order chi connectivity index (χ0) is 10.8. The van der Waals surface area contributed by atoms with Crippen molar-refractivity contribution in [1.29, 1.82) is 0 Å². The Labute approximate surface area is 96.0 Å². The van der Waals surface area contributed by atoms with Crippen molar-refractivity contribution in [2.75, 3.05) is 13.1 Å². The largest absolute Gasteiger partial charge is 0.464 e. The van der Waals surface area contributed by atoms with E-state index in [4.69, 9.17) is 16.0 Å². The Bertz CT molecular complexity index is 326. The lowest BCUT2D eigenvalue weighted by Gasteiger charge is -2.20. The summed E-state index contributed by atoms with van der Waals surface area (Å²) in [6.07, 6.45) is 2.31. The molecule has 1 aromatic heterocycles. The summed E-state index contributed by atoms with van der Waals surface area (Å²) >= 11 is 6.15. The van der Waals surface area contributed by atoms with Crippen LogP contribution in [0, 0.1) is 0 Å². The van der Waals surface area contributed by atoms with Gasteiger partial charge in [0, 0.05) is 11.8 Å². The SMILES string of the molecule is CC(C)c1oc(C2CCNCC2)cc1Cl. The first-order chi connectivity index (χ1) is 7.18. The predicted molar refractivity (Wildman–Crippen MR) is 62.7 cm³/mol. The Balaban J connectivity index is 2.17. The highest BCUT2D eigenvalue weighted by Crippen LogP contribution is 2.34. The molecule has 2 heterocycles. The molecule has 1 fully saturated rings. The number of furan rings is 1. The average molecular weight is 228 g/mol. The summed E-state index contributed by atoms with van der Waals surface area (Å²) in [5.74, 6) is 2.93. The molecule has 1 N–H and O–H groups in total. The van der Waals surface area contributed by atoms with Crippen LogP contribution in [0.15, 0.2) is 10.5 Å². The normalized spacial score (nSPS) is 18.7. The molecule has 0 spiro atoms. The van der Waals surface area contributed by atoms with Gasteiger partial charge in [-0.3, -0.25) is 0 Å². The molecule has 1 aliphatic heterocycles. The third kappa shape index (κ3) is 2.37. The molecule has 0 atom stereocenters. The van der Waals surface area contributed by atoms with E-state index in [1.54, 1.807) is 0 Å². The topological polar surface area (TPSA) is 25.2 Å². The Morgan fingerprint density at radius 2 is 2.07 bits per heavy atom. The fraction of sp³-hybridized carbons (Fsp3) is 0.667. The summed E-state index contributed by atoms with van der Waals surface area (Å²) in [6.45, 7) is 6.38. The second-order valence-electron chi connectivity index (χ2n) is 4.54. The highest BCUT2D eigenvalue weighted by atomic mass is 35.5. The maximum Gasteiger partial charge on any atom is 0.125 e. The van der Waals surface area contributed by atoms with Crippen molar-refractivity contribution in [2.24, 2.45) is 0 Å². The lowest BCUT2D eigenvalue weighted by atomic mass is 9.96. The first-order valence-electron chi connectivity index (χ1n) is 5.68. The fourth-order valence-electron chi connectivity index (χ4n) is 2.10. The van der Waals surface area contributed by atoms with Crippen LogP contribution in [0.1, 0.15) is 50.0 Å². The van der Waals surface area contributed by atoms with Crippen LogP contribution in [0.25, 0.3) is 0 Å². The first kappa shape index (κ1) is 11.0. The minimum absolute atomic E-state index is 0.368.